The van der Waals surface area contributed by atoms with E-state index in [1.54, 1.807) is 32.2 Å². The lowest BCUT2D eigenvalue weighted by atomic mass is 9.52. The molecule has 3 unspecified atom stereocenters. The van der Waals surface area contributed by atoms with Crippen LogP contribution in [-0.4, -0.2) is 89.0 Å². The number of phenols is 1. The second kappa shape index (κ2) is 11.7. The normalized spacial score (nSPS) is 29.8. The molecule has 236 valence electrons. The van der Waals surface area contributed by atoms with Gasteiger partial charge in [-0.3, -0.25) is 19.2 Å². The molecule has 2 aromatic carbocycles. The zero-order chi connectivity index (χ0) is 32.2. The Bertz CT molecular complexity index is 1520. The first-order valence-corrected chi connectivity index (χ1v) is 15.0. The lowest BCUT2D eigenvalue weighted by Crippen LogP contribution is -2.75. The lowest BCUT2D eigenvalue weighted by Gasteiger charge is -2.54. The number of aliphatic hydroxyl groups excluding tert-OH is 1. The van der Waals surface area contributed by atoms with Crippen molar-refractivity contribution >= 4 is 23.3 Å². The minimum Gasteiger partial charge on any atom is -0.507 e. The first-order valence-electron chi connectivity index (χ1n) is 15.0. The molecule has 7 atom stereocenters. The van der Waals surface area contributed by atoms with Gasteiger partial charge in [-0.2, -0.15) is 0 Å². The van der Waals surface area contributed by atoms with Crippen molar-refractivity contribution in [2.45, 2.75) is 51.0 Å². The van der Waals surface area contributed by atoms with Crippen LogP contribution in [0.1, 0.15) is 41.8 Å². The number of phenolic OH excluding ortho intramolecular Hbond substituents is 1. The maximum atomic E-state index is 14.1. The number of carbonyl (C=O) groups is 4. The maximum Gasteiger partial charge on any atom is 0.230 e. The van der Waals surface area contributed by atoms with Crippen molar-refractivity contribution in [1.82, 2.24) is 10.2 Å². The highest BCUT2D eigenvalue weighted by Crippen LogP contribution is 2.52. The van der Waals surface area contributed by atoms with E-state index in [2.05, 4.69) is 19.2 Å². The van der Waals surface area contributed by atoms with E-state index in [9.17, 15) is 34.5 Å². The Morgan fingerprint density at radius 1 is 1.14 bits per heavy atom. The number of fused-ring (bicyclic) bond motifs is 3. The minimum absolute atomic E-state index is 0.0385. The Morgan fingerprint density at radius 2 is 1.84 bits per heavy atom. The molecule has 0 radical (unpaired) electrons. The standard InChI is InChI=1S/C33H41N3O8/c1-15(2)13-35-14-16-6-9-23(44-5)19(10-16)18-7-8-22(37)25-20(18)11-17-12-21-27(36(3)4)29(39)26(32(34)42)31(41)33(21,43)30(40)24(17)28(25)38/h6-10,15,17,21,24,26-27,29,35,37,39,43H,11-14H2,1-5H3,(H2,34,42)/t17-,21-,24?,26?,27-,29?,33-/m1/s1. The maximum absolute atomic E-state index is 14.1. The van der Waals surface area contributed by atoms with Crippen LogP contribution >= 0.6 is 0 Å². The predicted molar refractivity (Wildman–Crippen MR) is 161 cm³/mol. The van der Waals surface area contributed by atoms with Crippen molar-refractivity contribution < 1.29 is 39.2 Å². The number of nitrogens with one attached hydrogen (secondary N) is 1. The van der Waals surface area contributed by atoms with Crippen LogP contribution in [0.2, 0.25) is 0 Å². The molecule has 44 heavy (non-hydrogen) atoms. The Kier molecular flexibility index (Phi) is 8.45. The van der Waals surface area contributed by atoms with Crippen molar-refractivity contribution in [2.75, 3.05) is 27.7 Å². The molecule has 6 N–H and O–H groups in total. The zero-order valence-electron chi connectivity index (χ0n) is 25.7. The summed E-state index contributed by atoms with van der Waals surface area (Å²) in [5.74, 6) is -8.30. The monoisotopic (exact) mass is 607 g/mol. The number of carbonyl (C=O) groups excluding carboxylic acids is 4. The molecule has 3 aliphatic rings. The molecule has 2 fully saturated rings. The molecule has 11 heteroatoms. The molecule has 3 aliphatic carbocycles. The van der Waals surface area contributed by atoms with Gasteiger partial charge in [0.15, 0.2) is 23.0 Å². The highest BCUT2D eigenvalue weighted by Gasteiger charge is 2.69. The topological polar surface area (TPSA) is 179 Å². The second-order valence-electron chi connectivity index (χ2n) is 13.0. The Balaban J connectivity index is 1.61. The highest BCUT2D eigenvalue weighted by atomic mass is 16.5. The van der Waals surface area contributed by atoms with E-state index in [1.165, 1.54) is 6.07 Å². The van der Waals surface area contributed by atoms with Crippen LogP contribution in [0.15, 0.2) is 30.3 Å². The Labute approximate surface area is 256 Å². The molecule has 2 saturated carbocycles. The third-order valence-corrected chi connectivity index (χ3v) is 9.61. The van der Waals surface area contributed by atoms with E-state index in [4.69, 9.17) is 10.5 Å². The Hall–Kier alpha value is -3.64. The number of amides is 1. The van der Waals surface area contributed by atoms with E-state index in [0.717, 1.165) is 17.7 Å². The molecular formula is C33H41N3O8. The van der Waals surface area contributed by atoms with Gasteiger partial charge in [-0.15, -0.1) is 0 Å². The summed E-state index contributed by atoms with van der Waals surface area (Å²) < 4.78 is 5.68. The summed E-state index contributed by atoms with van der Waals surface area (Å²) in [4.78, 5) is 55.6. The van der Waals surface area contributed by atoms with Crippen molar-refractivity contribution in [3.05, 3.63) is 47.0 Å². The van der Waals surface area contributed by atoms with Gasteiger partial charge in [0.1, 0.15) is 17.4 Å². The van der Waals surface area contributed by atoms with Crippen LogP contribution in [0.4, 0.5) is 0 Å². The fourth-order valence-corrected chi connectivity index (χ4v) is 7.66. The quantitative estimate of drug-likeness (QED) is 0.273. The van der Waals surface area contributed by atoms with Crippen molar-refractivity contribution in [2.24, 2.45) is 35.3 Å². The fourth-order valence-electron chi connectivity index (χ4n) is 7.66. The molecule has 0 bridgehead atoms. The number of aliphatic hydroxyl groups is 2. The number of Topliss-reactive ketones (excluding diaryl/α,β-unsaturated/α-hetero) is 3. The van der Waals surface area contributed by atoms with Crippen LogP contribution in [-0.2, 0) is 27.3 Å². The molecular weight excluding hydrogens is 566 g/mol. The van der Waals surface area contributed by atoms with E-state index < -0.39 is 64.7 Å². The van der Waals surface area contributed by atoms with Crippen LogP contribution < -0.4 is 15.8 Å². The number of methoxy groups -OCH3 is 1. The zero-order valence-corrected chi connectivity index (χ0v) is 25.7. The third-order valence-electron chi connectivity index (χ3n) is 9.61. The number of primary amides is 1. The molecule has 0 aliphatic heterocycles. The molecule has 2 aromatic rings. The molecule has 0 spiro atoms. The summed E-state index contributed by atoms with van der Waals surface area (Å²) >= 11 is 0. The number of likely N-dealkylation sites (N-methyl/N-ethyl adjacent to an activating group) is 1. The minimum atomic E-state index is -2.70. The number of hydrogen-bond donors (Lipinski definition) is 5. The van der Waals surface area contributed by atoms with E-state index in [-0.39, 0.29) is 24.2 Å². The number of ketones is 3. The van der Waals surface area contributed by atoms with Gasteiger partial charge in [-0.25, -0.2) is 0 Å². The van der Waals surface area contributed by atoms with Gasteiger partial charge >= 0.3 is 0 Å². The number of nitrogens with zero attached hydrogens (tertiary/aromatic N) is 1. The summed E-state index contributed by atoms with van der Waals surface area (Å²) in [5, 5.41) is 37.3. The largest absolute Gasteiger partial charge is 0.507 e. The van der Waals surface area contributed by atoms with Crippen molar-refractivity contribution in [3.8, 4) is 22.6 Å². The molecule has 0 saturated heterocycles. The van der Waals surface area contributed by atoms with Crippen LogP contribution in [0, 0.1) is 29.6 Å². The number of hydrogen-bond acceptors (Lipinski definition) is 10. The summed E-state index contributed by atoms with van der Waals surface area (Å²) in [7, 11) is 4.79. The second-order valence-corrected chi connectivity index (χ2v) is 13.0. The third kappa shape index (κ3) is 4.92. The number of aromatic hydroxyl groups is 1. The van der Waals surface area contributed by atoms with Gasteiger partial charge in [0, 0.05) is 24.1 Å². The number of benzene rings is 2. The SMILES string of the molecule is COc1ccc(CNCC(C)C)cc1-c1ccc(O)c2c1C[C@@H]1C[C@@H]3[C@@H](N(C)C)C(O)C(C(N)=O)C(=O)[C@]3(O)C(=O)C1C2=O. The molecule has 5 rings (SSSR count). The van der Waals surface area contributed by atoms with Crippen LogP contribution in [0.25, 0.3) is 11.1 Å². The van der Waals surface area contributed by atoms with Gasteiger partial charge in [0.25, 0.3) is 0 Å². The smallest absolute Gasteiger partial charge is 0.230 e. The number of ether oxygens (including phenoxy) is 1. The Morgan fingerprint density at radius 3 is 2.45 bits per heavy atom. The summed E-state index contributed by atoms with van der Waals surface area (Å²) in [6, 6.07) is 7.94. The summed E-state index contributed by atoms with van der Waals surface area (Å²) in [5.41, 5.74) is 5.63. The van der Waals surface area contributed by atoms with Crippen molar-refractivity contribution in [3.63, 3.8) is 0 Å². The van der Waals surface area contributed by atoms with E-state index in [1.807, 2.05) is 18.2 Å². The summed E-state index contributed by atoms with van der Waals surface area (Å²) in [6.45, 7) is 5.69. The average Bonchev–Trinajstić information content (AvgIpc) is 2.94. The first kappa shape index (κ1) is 31.8. The van der Waals surface area contributed by atoms with E-state index >= 15 is 0 Å². The molecule has 0 heterocycles. The fraction of sp³-hybridized carbons (Fsp3) is 0.515. The number of rotatable bonds is 8. The van der Waals surface area contributed by atoms with Gasteiger partial charge in [-0.05, 0) is 80.2 Å². The van der Waals surface area contributed by atoms with Gasteiger partial charge in [-0.1, -0.05) is 26.0 Å². The van der Waals surface area contributed by atoms with Gasteiger partial charge < -0.3 is 36.0 Å². The van der Waals surface area contributed by atoms with Crippen LogP contribution in [0.5, 0.6) is 11.5 Å². The average molecular weight is 608 g/mol. The van der Waals surface area contributed by atoms with Crippen molar-refractivity contribution in [1.29, 1.82) is 0 Å². The first-order chi connectivity index (χ1) is 20.7. The molecule has 0 aromatic heterocycles. The lowest BCUT2D eigenvalue weighted by molar-refractivity contribution is -0.190. The molecule has 11 nitrogen and oxygen atoms in total. The van der Waals surface area contributed by atoms with Gasteiger partial charge in [0.05, 0.1) is 24.7 Å². The van der Waals surface area contributed by atoms with Gasteiger partial charge in [0.2, 0.25) is 5.91 Å². The summed E-state index contributed by atoms with van der Waals surface area (Å²) in [6.07, 6.45) is -1.32. The van der Waals surface area contributed by atoms with E-state index in [0.29, 0.717) is 29.3 Å². The predicted octanol–water partition coefficient (Wildman–Crippen LogP) is 1.08. The molecule has 1 amide bonds. The highest BCUT2D eigenvalue weighted by molar-refractivity contribution is 6.25. The van der Waals surface area contributed by atoms with Crippen LogP contribution in [0.3, 0.4) is 0 Å². The number of nitrogens with two attached hydrogens (primary N) is 1.